The number of aromatic nitrogens is 2. The van der Waals surface area contributed by atoms with E-state index >= 15 is 0 Å². The van der Waals surface area contributed by atoms with E-state index in [-0.39, 0.29) is 36.1 Å². The normalized spacial score (nSPS) is 18.5. The van der Waals surface area contributed by atoms with Crippen LogP contribution in [0.4, 0.5) is 5.13 Å². The molecule has 2 heterocycles. The van der Waals surface area contributed by atoms with Crippen molar-refractivity contribution in [2.75, 3.05) is 25.0 Å². The standard InChI is InChI=1S/C14H19N5O3S/c20-11(7-15-12(21)9-1-2-9)19-5-3-10(4-6-19)13(22)17-14-18-16-8-23-14/h8-10H,1-7H2,(H,15,21)(H,17,18,22). The summed E-state index contributed by atoms with van der Waals surface area (Å²) in [7, 11) is 0. The first kappa shape index (κ1) is 15.9. The minimum absolute atomic E-state index is 0.0235. The van der Waals surface area contributed by atoms with E-state index in [0.29, 0.717) is 31.1 Å². The van der Waals surface area contributed by atoms with Gasteiger partial charge >= 0.3 is 0 Å². The molecular weight excluding hydrogens is 318 g/mol. The first-order chi connectivity index (χ1) is 11.1. The van der Waals surface area contributed by atoms with Crippen LogP contribution in [-0.4, -0.2) is 52.5 Å². The molecule has 3 amide bonds. The highest BCUT2D eigenvalue weighted by Crippen LogP contribution is 2.28. The second-order valence-corrected chi connectivity index (χ2v) is 6.71. The monoisotopic (exact) mass is 337 g/mol. The van der Waals surface area contributed by atoms with Gasteiger partial charge in [-0.15, -0.1) is 10.2 Å². The molecule has 9 heteroatoms. The maximum absolute atomic E-state index is 12.1. The third-order valence-electron chi connectivity index (χ3n) is 4.17. The highest BCUT2D eigenvalue weighted by Gasteiger charge is 2.31. The molecule has 0 spiro atoms. The van der Waals surface area contributed by atoms with Crippen LogP contribution in [0.1, 0.15) is 25.7 Å². The quantitative estimate of drug-likeness (QED) is 0.801. The number of likely N-dealkylation sites (tertiary alicyclic amines) is 1. The molecule has 1 saturated heterocycles. The van der Waals surface area contributed by atoms with Crippen molar-refractivity contribution in [1.29, 1.82) is 0 Å². The first-order valence-electron chi connectivity index (χ1n) is 7.76. The Morgan fingerprint density at radius 2 is 1.83 bits per heavy atom. The van der Waals surface area contributed by atoms with Gasteiger partial charge in [0.25, 0.3) is 0 Å². The van der Waals surface area contributed by atoms with Crippen molar-refractivity contribution < 1.29 is 14.4 Å². The summed E-state index contributed by atoms with van der Waals surface area (Å²) in [5.74, 6) is -0.191. The molecule has 1 aromatic rings. The zero-order chi connectivity index (χ0) is 16.2. The van der Waals surface area contributed by atoms with E-state index < -0.39 is 0 Å². The van der Waals surface area contributed by atoms with E-state index in [2.05, 4.69) is 20.8 Å². The molecule has 2 aliphatic rings. The summed E-state index contributed by atoms with van der Waals surface area (Å²) in [6.07, 6.45) is 3.09. The van der Waals surface area contributed by atoms with Gasteiger partial charge in [0.15, 0.2) is 0 Å². The molecular formula is C14H19N5O3S. The molecule has 0 atom stereocenters. The third kappa shape index (κ3) is 4.25. The van der Waals surface area contributed by atoms with E-state index in [4.69, 9.17) is 0 Å². The number of carbonyl (C=O) groups excluding carboxylic acids is 3. The lowest BCUT2D eigenvalue weighted by atomic mass is 9.96. The molecule has 0 radical (unpaired) electrons. The Hall–Kier alpha value is -2.03. The van der Waals surface area contributed by atoms with Crippen molar-refractivity contribution in [2.24, 2.45) is 11.8 Å². The molecule has 1 aromatic heterocycles. The summed E-state index contributed by atoms with van der Waals surface area (Å²) >= 11 is 1.28. The van der Waals surface area contributed by atoms with Crippen LogP contribution < -0.4 is 10.6 Å². The first-order valence-corrected chi connectivity index (χ1v) is 8.64. The van der Waals surface area contributed by atoms with Crippen LogP contribution >= 0.6 is 11.3 Å². The van der Waals surface area contributed by atoms with Gasteiger partial charge in [-0.05, 0) is 25.7 Å². The van der Waals surface area contributed by atoms with Gasteiger partial charge in [0.1, 0.15) is 5.51 Å². The minimum atomic E-state index is -0.121. The van der Waals surface area contributed by atoms with E-state index in [1.165, 1.54) is 11.3 Å². The molecule has 23 heavy (non-hydrogen) atoms. The molecule has 8 nitrogen and oxygen atoms in total. The SMILES string of the molecule is O=C(NCC(=O)N1CCC(C(=O)Nc2nncs2)CC1)C1CC1. The minimum Gasteiger partial charge on any atom is -0.347 e. The molecule has 0 aromatic carbocycles. The molecule has 1 aliphatic carbocycles. The number of nitrogens with zero attached hydrogens (tertiary/aromatic N) is 3. The molecule has 1 saturated carbocycles. The maximum Gasteiger partial charge on any atom is 0.241 e. The van der Waals surface area contributed by atoms with Gasteiger partial charge in [-0.3, -0.25) is 14.4 Å². The number of hydrogen-bond donors (Lipinski definition) is 2. The highest BCUT2D eigenvalue weighted by molar-refractivity contribution is 7.13. The Morgan fingerprint density at radius 1 is 1.13 bits per heavy atom. The van der Waals surface area contributed by atoms with Gasteiger partial charge in [-0.1, -0.05) is 11.3 Å². The van der Waals surface area contributed by atoms with Crippen molar-refractivity contribution in [3.05, 3.63) is 5.51 Å². The summed E-state index contributed by atoms with van der Waals surface area (Å²) in [6.45, 7) is 1.12. The molecule has 2 N–H and O–H groups in total. The van der Waals surface area contributed by atoms with Crippen LogP contribution in [0.3, 0.4) is 0 Å². The lowest BCUT2D eigenvalue weighted by Gasteiger charge is -2.31. The number of nitrogens with one attached hydrogen (secondary N) is 2. The van der Waals surface area contributed by atoms with Gasteiger partial charge in [-0.25, -0.2) is 0 Å². The largest absolute Gasteiger partial charge is 0.347 e. The Kier molecular flexibility index (Phi) is 4.85. The van der Waals surface area contributed by atoms with Gasteiger partial charge in [0.05, 0.1) is 6.54 Å². The van der Waals surface area contributed by atoms with Gasteiger partial charge in [0.2, 0.25) is 22.9 Å². The smallest absolute Gasteiger partial charge is 0.241 e. The molecule has 124 valence electrons. The van der Waals surface area contributed by atoms with Gasteiger partial charge in [-0.2, -0.15) is 0 Å². The van der Waals surface area contributed by atoms with Crippen molar-refractivity contribution >= 4 is 34.2 Å². The number of anilines is 1. The van der Waals surface area contributed by atoms with Crippen molar-refractivity contribution in [2.45, 2.75) is 25.7 Å². The predicted octanol–water partition coefficient (Wildman–Crippen LogP) is 0.241. The zero-order valence-corrected chi connectivity index (χ0v) is 13.5. The van der Waals surface area contributed by atoms with E-state index in [1.54, 1.807) is 10.4 Å². The molecule has 3 rings (SSSR count). The Labute approximate surface area is 137 Å². The summed E-state index contributed by atoms with van der Waals surface area (Å²) < 4.78 is 0. The second kappa shape index (κ2) is 7.03. The Bertz CT molecular complexity index is 579. The van der Waals surface area contributed by atoms with Crippen LogP contribution in [0.25, 0.3) is 0 Å². The number of amides is 3. The molecule has 2 fully saturated rings. The van der Waals surface area contributed by atoms with Crippen LogP contribution in [-0.2, 0) is 14.4 Å². The predicted molar refractivity (Wildman–Crippen MR) is 83.6 cm³/mol. The zero-order valence-electron chi connectivity index (χ0n) is 12.7. The van der Waals surface area contributed by atoms with Crippen molar-refractivity contribution in [3.8, 4) is 0 Å². The Balaban J connectivity index is 1.39. The van der Waals surface area contributed by atoms with Crippen LogP contribution in [0.2, 0.25) is 0 Å². The average molecular weight is 337 g/mol. The van der Waals surface area contributed by atoms with E-state index in [0.717, 1.165) is 12.8 Å². The fraction of sp³-hybridized carbons (Fsp3) is 0.643. The van der Waals surface area contributed by atoms with Crippen molar-refractivity contribution in [1.82, 2.24) is 20.4 Å². The summed E-state index contributed by atoms with van der Waals surface area (Å²) in [5, 5.41) is 13.4. The number of hydrogen-bond acceptors (Lipinski definition) is 6. The maximum atomic E-state index is 12.1. The topological polar surface area (TPSA) is 104 Å². The second-order valence-electron chi connectivity index (χ2n) is 5.88. The fourth-order valence-electron chi connectivity index (χ4n) is 2.59. The van der Waals surface area contributed by atoms with E-state index in [9.17, 15) is 14.4 Å². The van der Waals surface area contributed by atoms with Gasteiger partial charge < -0.3 is 15.5 Å². The van der Waals surface area contributed by atoms with E-state index in [1.807, 2.05) is 0 Å². The van der Waals surface area contributed by atoms with Gasteiger partial charge in [0, 0.05) is 24.9 Å². The number of carbonyl (C=O) groups is 3. The number of piperidine rings is 1. The summed E-state index contributed by atoms with van der Waals surface area (Å²) in [4.78, 5) is 37.4. The van der Waals surface area contributed by atoms with Crippen LogP contribution in [0, 0.1) is 11.8 Å². The molecule has 0 unspecified atom stereocenters. The number of rotatable bonds is 5. The summed E-state index contributed by atoms with van der Waals surface area (Å²) in [5.41, 5.74) is 1.56. The Morgan fingerprint density at radius 3 is 2.43 bits per heavy atom. The lowest BCUT2D eigenvalue weighted by Crippen LogP contribution is -2.45. The average Bonchev–Trinajstić information content (AvgIpc) is 3.30. The lowest BCUT2D eigenvalue weighted by molar-refractivity contribution is -0.135. The molecule has 0 bridgehead atoms. The summed E-state index contributed by atoms with van der Waals surface area (Å²) in [6, 6.07) is 0. The van der Waals surface area contributed by atoms with Crippen molar-refractivity contribution in [3.63, 3.8) is 0 Å². The third-order valence-corrected chi connectivity index (χ3v) is 4.78. The highest BCUT2D eigenvalue weighted by atomic mass is 32.1. The fourth-order valence-corrected chi connectivity index (χ4v) is 3.04. The van der Waals surface area contributed by atoms with Crippen LogP contribution in [0.5, 0.6) is 0 Å². The molecule has 1 aliphatic heterocycles. The van der Waals surface area contributed by atoms with Crippen LogP contribution in [0.15, 0.2) is 5.51 Å².